The number of sulfonamides is 1. The summed E-state index contributed by atoms with van der Waals surface area (Å²) in [4.78, 5) is 23.0. The van der Waals surface area contributed by atoms with Gasteiger partial charge in [0.25, 0.3) is 15.7 Å². The number of carbonyl (C=O) groups is 1. The number of nitro benzene ring substituents is 1. The molecule has 2 aromatic rings. The number of rotatable bonds is 5. The molecular weight excluding hydrogens is 468 g/mol. The topological polar surface area (TPSA) is 136 Å². The number of nitrogens with zero attached hydrogens (tertiary/aromatic N) is 2. The van der Waals surface area contributed by atoms with Crippen LogP contribution in [0, 0.1) is 17.0 Å². The maximum atomic E-state index is 12.7. The van der Waals surface area contributed by atoms with Crippen LogP contribution < -0.4 is 0 Å². The molecular formula is C19H15ClN2O7S2. The Kier molecular flexibility index (Phi) is 6.39. The van der Waals surface area contributed by atoms with E-state index in [2.05, 4.69) is 4.40 Å². The van der Waals surface area contributed by atoms with Gasteiger partial charge in [0, 0.05) is 27.6 Å². The molecule has 3 rings (SSSR count). The Bertz CT molecular complexity index is 1250. The Morgan fingerprint density at radius 1 is 1.29 bits per heavy atom. The fourth-order valence-corrected chi connectivity index (χ4v) is 5.66. The van der Waals surface area contributed by atoms with E-state index in [0.717, 1.165) is 23.9 Å². The first kappa shape index (κ1) is 22.8. The van der Waals surface area contributed by atoms with Crippen molar-refractivity contribution >= 4 is 55.8 Å². The first-order valence-corrected chi connectivity index (χ1v) is 11.4. The van der Waals surface area contributed by atoms with Gasteiger partial charge in [0.1, 0.15) is 21.3 Å². The lowest BCUT2D eigenvalue weighted by atomic mass is 10.1. The molecule has 9 nitrogen and oxygen atoms in total. The third kappa shape index (κ3) is 4.58. The number of aliphatic hydroxyl groups excluding tert-OH is 1. The number of hydrogen-bond donors (Lipinski definition) is 1. The minimum absolute atomic E-state index is 0.0395. The molecule has 0 saturated carbocycles. The van der Waals surface area contributed by atoms with Gasteiger partial charge in [0.15, 0.2) is 0 Å². The number of aryl methyl sites for hydroxylation is 1. The second kappa shape index (κ2) is 8.69. The zero-order valence-corrected chi connectivity index (χ0v) is 18.5. The summed E-state index contributed by atoms with van der Waals surface area (Å²) in [5.41, 5.74) is -0.119. The average Bonchev–Trinajstić information content (AvgIpc) is 2.69. The van der Waals surface area contributed by atoms with E-state index in [1.54, 1.807) is 13.8 Å². The molecule has 2 aromatic carbocycles. The van der Waals surface area contributed by atoms with Crippen molar-refractivity contribution < 1.29 is 28.0 Å². The fourth-order valence-electron chi connectivity index (χ4n) is 2.67. The summed E-state index contributed by atoms with van der Waals surface area (Å²) in [5, 5.41) is 21.6. The molecule has 1 aliphatic rings. The van der Waals surface area contributed by atoms with Crippen LogP contribution in [0.5, 0.6) is 0 Å². The van der Waals surface area contributed by atoms with Gasteiger partial charge in [-0.25, -0.2) is 4.79 Å². The Morgan fingerprint density at radius 3 is 2.52 bits per heavy atom. The van der Waals surface area contributed by atoms with Crippen molar-refractivity contribution in [2.24, 2.45) is 4.40 Å². The third-order valence-corrected chi connectivity index (χ3v) is 7.21. The summed E-state index contributed by atoms with van der Waals surface area (Å²) in [6.45, 7) is 3.15. The van der Waals surface area contributed by atoms with Gasteiger partial charge in [-0.05, 0) is 43.7 Å². The SMILES string of the molecule is CCOC(=O)/C(C1=NS(=O)(=O)c2cc(C)c(Cl)cc2S1)=C(/O)c1ccc([N+](=O)[O-])cc1. The number of hydrogen-bond acceptors (Lipinski definition) is 8. The summed E-state index contributed by atoms with van der Waals surface area (Å²) in [5.74, 6) is -1.63. The maximum Gasteiger partial charge on any atom is 0.344 e. The highest BCUT2D eigenvalue weighted by molar-refractivity contribution is 8.16. The Morgan fingerprint density at radius 2 is 1.94 bits per heavy atom. The molecule has 0 unspecified atom stereocenters. The van der Waals surface area contributed by atoms with E-state index >= 15 is 0 Å². The van der Waals surface area contributed by atoms with Crippen molar-refractivity contribution in [2.75, 3.05) is 6.61 Å². The van der Waals surface area contributed by atoms with Crippen molar-refractivity contribution in [3.8, 4) is 0 Å². The Labute approximate surface area is 186 Å². The number of thioether (sulfide) groups is 1. The highest BCUT2D eigenvalue weighted by Crippen LogP contribution is 2.40. The molecule has 0 amide bonds. The van der Waals surface area contributed by atoms with Crippen molar-refractivity contribution in [1.82, 2.24) is 0 Å². The van der Waals surface area contributed by atoms with Gasteiger partial charge in [-0.3, -0.25) is 10.1 Å². The molecule has 31 heavy (non-hydrogen) atoms. The predicted octanol–water partition coefficient (Wildman–Crippen LogP) is 4.28. The highest BCUT2D eigenvalue weighted by atomic mass is 35.5. The molecule has 1 aliphatic heterocycles. The Balaban J connectivity index is 2.18. The van der Waals surface area contributed by atoms with Crippen LogP contribution in [0.4, 0.5) is 5.69 Å². The van der Waals surface area contributed by atoms with Crippen LogP contribution in [0.1, 0.15) is 18.1 Å². The third-order valence-electron chi connectivity index (χ3n) is 4.19. The standard InChI is InChI=1S/C19H15ClN2O7S2/c1-3-29-19(24)16(17(23)11-4-6-12(7-5-11)22(25)26)18-21-31(27,28)15-8-10(2)13(20)9-14(15)30-18/h4-9,23H,3H2,1-2H3/b17-16+. The number of nitro groups is 1. The smallest absolute Gasteiger partial charge is 0.344 e. The summed E-state index contributed by atoms with van der Waals surface area (Å²) >= 11 is 6.96. The van der Waals surface area contributed by atoms with E-state index in [-0.39, 0.29) is 32.7 Å². The number of ether oxygens (including phenoxy) is 1. The molecule has 0 bridgehead atoms. The largest absolute Gasteiger partial charge is 0.506 e. The van der Waals surface area contributed by atoms with E-state index in [0.29, 0.717) is 10.6 Å². The average molecular weight is 483 g/mol. The molecule has 1 N–H and O–H groups in total. The number of halogens is 1. The number of esters is 1. The zero-order chi connectivity index (χ0) is 22.9. The second-order valence-electron chi connectivity index (χ2n) is 6.27. The lowest BCUT2D eigenvalue weighted by Gasteiger charge is -2.18. The van der Waals surface area contributed by atoms with E-state index in [4.69, 9.17) is 16.3 Å². The molecule has 0 fully saturated rings. The number of non-ortho nitro benzene ring substituents is 1. The van der Waals surface area contributed by atoms with Crippen molar-refractivity contribution in [1.29, 1.82) is 0 Å². The highest BCUT2D eigenvalue weighted by Gasteiger charge is 2.33. The first-order valence-electron chi connectivity index (χ1n) is 8.73. The normalized spacial score (nSPS) is 15.4. The Hall–Kier alpha value is -2.89. The molecule has 0 saturated heterocycles. The van der Waals surface area contributed by atoms with Crippen molar-refractivity contribution in [3.05, 3.63) is 68.2 Å². The van der Waals surface area contributed by atoms with E-state index in [9.17, 15) is 28.4 Å². The van der Waals surface area contributed by atoms with E-state index in [1.807, 2.05) is 0 Å². The molecule has 0 aliphatic carbocycles. The zero-order valence-electron chi connectivity index (χ0n) is 16.2. The van der Waals surface area contributed by atoms with Gasteiger partial charge < -0.3 is 9.84 Å². The fraction of sp³-hybridized carbons (Fsp3) is 0.158. The monoisotopic (exact) mass is 482 g/mol. The summed E-state index contributed by atoms with van der Waals surface area (Å²) in [6, 6.07) is 7.55. The first-order chi connectivity index (χ1) is 14.5. The second-order valence-corrected chi connectivity index (χ2v) is 9.28. The van der Waals surface area contributed by atoms with Crippen molar-refractivity contribution in [2.45, 2.75) is 23.6 Å². The lowest BCUT2D eigenvalue weighted by Crippen LogP contribution is -2.20. The van der Waals surface area contributed by atoms with Crippen LogP contribution in [0.2, 0.25) is 5.02 Å². The van der Waals surface area contributed by atoms with Crippen LogP contribution in [0.25, 0.3) is 5.76 Å². The van der Waals surface area contributed by atoms with Crippen molar-refractivity contribution in [3.63, 3.8) is 0 Å². The van der Waals surface area contributed by atoms with Gasteiger partial charge in [-0.1, -0.05) is 23.4 Å². The minimum atomic E-state index is -4.19. The van der Waals surface area contributed by atoms with Crippen LogP contribution in [-0.4, -0.2) is 36.1 Å². The number of benzene rings is 2. The molecule has 0 spiro atoms. The molecule has 0 atom stereocenters. The number of aliphatic hydroxyl groups is 1. The van der Waals surface area contributed by atoms with Crippen LogP contribution in [0.15, 0.2) is 56.2 Å². The maximum absolute atomic E-state index is 12.7. The number of carbonyl (C=O) groups excluding carboxylic acids is 1. The molecule has 162 valence electrons. The molecule has 1 heterocycles. The van der Waals surface area contributed by atoms with Crippen LogP contribution in [-0.2, 0) is 19.6 Å². The lowest BCUT2D eigenvalue weighted by molar-refractivity contribution is -0.384. The van der Waals surface area contributed by atoms with Gasteiger partial charge in [-0.2, -0.15) is 12.8 Å². The summed E-state index contributed by atoms with van der Waals surface area (Å²) in [7, 11) is -4.19. The molecule has 0 radical (unpaired) electrons. The predicted molar refractivity (Wildman–Crippen MR) is 116 cm³/mol. The summed E-state index contributed by atoms with van der Waals surface area (Å²) in [6.07, 6.45) is 0. The number of fused-ring (bicyclic) bond motifs is 1. The minimum Gasteiger partial charge on any atom is -0.506 e. The van der Waals surface area contributed by atoms with E-state index < -0.39 is 32.2 Å². The molecule has 12 heteroatoms. The summed E-state index contributed by atoms with van der Waals surface area (Å²) < 4.78 is 34.2. The van der Waals surface area contributed by atoms with E-state index in [1.165, 1.54) is 24.3 Å². The van der Waals surface area contributed by atoms with Gasteiger partial charge in [-0.15, -0.1) is 0 Å². The molecule has 0 aromatic heterocycles. The van der Waals surface area contributed by atoms with Crippen LogP contribution in [0.3, 0.4) is 0 Å². The van der Waals surface area contributed by atoms with Gasteiger partial charge in [0.05, 0.1) is 11.5 Å². The van der Waals surface area contributed by atoms with Gasteiger partial charge in [0.2, 0.25) is 0 Å². The van der Waals surface area contributed by atoms with Crippen LogP contribution >= 0.6 is 23.4 Å². The quantitative estimate of drug-likeness (QED) is 0.219. The van der Waals surface area contributed by atoms with Gasteiger partial charge >= 0.3 is 5.97 Å².